The highest BCUT2D eigenvalue weighted by Crippen LogP contribution is 2.26. The van der Waals surface area contributed by atoms with Crippen LogP contribution in [0.3, 0.4) is 0 Å². The minimum atomic E-state index is 0.454. The lowest BCUT2D eigenvalue weighted by Crippen LogP contribution is -1.90. The fourth-order valence-electron chi connectivity index (χ4n) is 1.62. The molecule has 0 amide bonds. The van der Waals surface area contributed by atoms with E-state index in [4.69, 9.17) is 9.78 Å². The largest absolute Gasteiger partial charge is 0.333 e. The third-order valence-corrected chi connectivity index (χ3v) is 3.48. The lowest BCUT2D eigenvalue weighted by Gasteiger charge is -1.93. The molecular formula is C13H8N4OS. The van der Waals surface area contributed by atoms with Crippen LogP contribution in [0.2, 0.25) is 0 Å². The van der Waals surface area contributed by atoms with Crippen molar-refractivity contribution < 1.29 is 4.52 Å². The summed E-state index contributed by atoms with van der Waals surface area (Å²) in [6.07, 6.45) is 4.06. The molecule has 0 bridgehead atoms. The van der Waals surface area contributed by atoms with Gasteiger partial charge in [-0.25, -0.2) is 0 Å². The van der Waals surface area contributed by atoms with Crippen molar-refractivity contribution in [2.75, 3.05) is 0 Å². The molecule has 0 N–H and O–H groups in total. The fourth-order valence-corrected chi connectivity index (χ4v) is 2.35. The molecule has 92 valence electrons. The third-order valence-electron chi connectivity index (χ3n) is 2.51. The number of thiophene rings is 1. The Kier molecular flexibility index (Phi) is 3.04. The zero-order valence-electron chi connectivity index (χ0n) is 9.78. The van der Waals surface area contributed by atoms with Gasteiger partial charge in [0.2, 0.25) is 0 Å². The second kappa shape index (κ2) is 5.00. The molecule has 0 aromatic carbocycles. The van der Waals surface area contributed by atoms with Crippen molar-refractivity contribution in [2.24, 2.45) is 0 Å². The van der Waals surface area contributed by atoms with Gasteiger partial charge in [0.05, 0.1) is 4.88 Å². The normalized spacial score (nSPS) is 10.3. The number of hydrogen-bond donors (Lipinski definition) is 0. The maximum absolute atomic E-state index is 8.79. The van der Waals surface area contributed by atoms with Crippen molar-refractivity contribution >= 4 is 11.3 Å². The van der Waals surface area contributed by atoms with E-state index in [0.717, 1.165) is 10.4 Å². The molecule has 0 atom stereocenters. The van der Waals surface area contributed by atoms with E-state index in [1.165, 1.54) is 11.3 Å². The van der Waals surface area contributed by atoms with Gasteiger partial charge in [-0.2, -0.15) is 10.2 Å². The first-order valence-electron chi connectivity index (χ1n) is 5.57. The summed E-state index contributed by atoms with van der Waals surface area (Å²) in [5.74, 6) is 1.07. The first-order valence-corrected chi connectivity index (χ1v) is 6.38. The van der Waals surface area contributed by atoms with E-state index < -0.39 is 0 Å². The van der Waals surface area contributed by atoms with E-state index in [1.807, 2.05) is 18.2 Å². The zero-order valence-corrected chi connectivity index (χ0v) is 10.6. The van der Waals surface area contributed by atoms with E-state index in [2.05, 4.69) is 21.2 Å². The van der Waals surface area contributed by atoms with Crippen LogP contribution in [0.15, 0.2) is 41.2 Å². The lowest BCUT2D eigenvalue weighted by molar-refractivity contribution is 0.424. The summed E-state index contributed by atoms with van der Waals surface area (Å²) in [5, 5.41) is 12.7. The van der Waals surface area contributed by atoms with Crippen molar-refractivity contribution in [1.29, 1.82) is 5.26 Å². The van der Waals surface area contributed by atoms with Gasteiger partial charge < -0.3 is 4.52 Å². The second-order valence-electron chi connectivity index (χ2n) is 3.82. The molecule has 0 aliphatic heterocycles. The van der Waals surface area contributed by atoms with Gasteiger partial charge in [-0.3, -0.25) is 4.98 Å². The van der Waals surface area contributed by atoms with E-state index in [-0.39, 0.29) is 0 Å². The molecule has 6 heteroatoms. The van der Waals surface area contributed by atoms with Gasteiger partial charge >= 0.3 is 0 Å². The van der Waals surface area contributed by atoms with Crippen LogP contribution in [0.25, 0.3) is 10.8 Å². The molecule has 0 saturated carbocycles. The van der Waals surface area contributed by atoms with Crippen LogP contribution >= 0.6 is 11.3 Å². The summed E-state index contributed by atoms with van der Waals surface area (Å²) in [7, 11) is 0. The second-order valence-corrected chi connectivity index (χ2v) is 4.91. The molecule has 0 radical (unpaired) electrons. The van der Waals surface area contributed by atoms with Crippen molar-refractivity contribution in [2.45, 2.75) is 6.42 Å². The van der Waals surface area contributed by atoms with E-state index >= 15 is 0 Å². The van der Waals surface area contributed by atoms with E-state index in [1.54, 1.807) is 18.5 Å². The maximum Gasteiger partial charge on any atom is 0.268 e. The Hall–Kier alpha value is -2.52. The summed E-state index contributed by atoms with van der Waals surface area (Å²) in [4.78, 5) is 9.72. The first kappa shape index (κ1) is 11.6. The molecule has 0 aliphatic carbocycles. The van der Waals surface area contributed by atoms with Gasteiger partial charge in [0, 0.05) is 18.8 Å². The standard InChI is InChI=1S/C13H8N4OS/c14-8-10-1-2-11(19-10)13-16-12(17-18-13)7-9-3-5-15-6-4-9/h1-6H,7H2. The van der Waals surface area contributed by atoms with Gasteiger partial charge in [-0.15, -0.1) is 11.3 Å². The van der Waals surface area contributed by atoms with Gasteiger partial charge in [0.15, 0.2) is 5.82 Å². The molecule has 3 aromatic heterocycles. The quantitative estimate of drug-likeness (QED) is 0.730. The summed E-state index contributed by atoms with van der Waals surface area (Å²) >= 11 is 1.34. The minimum Gasteiger partial charge on any atom is -0.333 e. The van der Waals surface area contributed by atoms with Gasteiger partial charge in [0.1, 0.15) is 10.9 Å². The Morgan fingerprint density at radius 2 is 2.05 bits per heavy atom. The molecular weight excluding hydrogens is 260 g/mol. The van der Waals surface area contributed by atoms with Gasteiger partial charge in [-0.1, -0.05) is 5.16 Å². The molecule has 0 aliphatic rings. The average Bonchev–Trinajstić information content (AvgIpc) is 3.08. The van der Waals surface area contributed by atoms with Gasteiger partial charge in [0.25, 0.3) is 5.89 Å². The van der Waals surface area contributed by atoms with Crippen LogP contribution < -0.4 is 0 Å². The molecule has 5 nitrogen and oxygen atoms in total. The van der Waals surface area contributed by atoms with Crippen LogP contribution in [0.4, 0.5) is 0 Å². The van der Waals surface area contributed by atoms with Crippen LogP contribution in [0, 0.1) is 11.3 Å². The number of nitrogens with zero attached hydrogens (tertiary/aromatic N) is 4. The Labute approximate surface area is 113 Å². The van der Waals surface area contributed by atoms with Crippen molar-refractivity contribution in [1.82, 2.24) is 15.1 Å². The molecule has 19 heavy (non-hydrogen) atoms. The topological polar surface area (TPSA) is 75.6 Å². The van der Waals surface area contributed by atoms with Crippen LogP contribution in [0.1, 0.15) is 16.3 Å². The van der Waals surface area contributed by atoms with Crippen LogP contribution in [-0.4, -0.2) is 15.1 Å². The molecule has 3 rings (SSSR count). The smallest absolute Gasteiger partial charge is 0.268 e. The highest BCUT2D eigenvalue weighted by molar-refractivity contribution is 7.15. The number of aromatic nitrogens is 3. The molecule has 3 aromatic rings. The van der Waals surface area contributed by atoms with Crippen LogP contribution in [0.5, 0.6) is 0 Å². The van der Waals surface area contributed by atoms with E-state index in [0.29, 0.717) is 23.0 Å². The average molecular weight is 268 g/mol. The summed E-state index contributed by atoms with van der Waals surface area (Å²) in [5.41, 5.74) is 1.08. The molecule has 3 heterocycles. The summed E-state index contributed by atoms with van der Waals surface area (Å²) in [6, 6.07) is 9.46. The van der Waals surface area contributed by atoms with Crippen molar-refractivity contribution in [3.05, 3.63) is 52.9 Å². The Balaban J connectivity index is 1.82. The monoisotopic (exact) mass is 268 g/mol. The van der Waals surface area contributed by atoms with E-state index in [9.17, 15) is 0 Å². The number of pyridine rings is 1. The highest BCUT2D eigenvalue weighted by Gasteiger charge is 2.11. The molecule has 0 spiro atoms. The Bertz CT molecular complexity index is 726. The maximum atomic E-state index is 8.79. The lowest BCUT2D eigenvalue weighted by atomic mass is 10.2. The predicted octanol–water partition coefficient (Wildman–Crippen LogP) is 2.66. The summed E-state index contributed by atoms with van der Waals surface area (Å²) < 4.78 is 5.21. The molecule has 0 fully saturated rings. The van der Waals surface area contributed by atoms with Crippen molar-refractivity contribution in [3.8, 4) is 16.8 Å². The predicted molar refractivity (Wildman–Crippen MR) is 69.4 cm³/mol. The highest BCUT2D eigenvalue weighted by atomic mass is 32.1. The first-order chi connectivity index (χ1) is 9.35. The number of rotatable bonds is 3. The van der Waals surface area contributed by atoms with Crippen molar-refractivity contribution in [3.63, 3.8) is 0 Å². The Morgan fingerprint density at radius 1 is 1.21 bits per heavy atom. The molecule has 0 unspecified atom stereocenters. The third kappa shape index (κ3) is 2.51. The Morgan fingerprint density at radius 3 is 2.79 bits per heavy atom. The number of nitriles is 1. The SMILES string of the molecule is N#Cc1ccc(-c2nc(Cc3ccncc3)no2)s1. The fraction of sp³-hybridized carbons (Fsp3) is 0.0769. The summed E-state index contributed by atoms with van der Waals surface area (Å²) in [6.45, 7) is 0. The molecule has 0 saturated heterocycles. The minimum absolute atomic E-state index is 0.454. The number of hydrogen-bond acceptors (Lipinski definition) is 6. The van der Waals surface area contributed by atoms with Gasteiger partial charge in [-0.05, 0) is 29.8 Å². The zero-order chi connectivity index (χ0) is 13.1. The van der Waals surface area contributed by atoms with Crippen LogP contribution in [-0.2, 0) is 6.42 Å².